The van der Waals surface area contributed by atoms with Gasteiger partial charge in [-0.2, -0.15) is 0 Å². The Kier molecular flexibility index (Phi) is 1.98. The normalized spacial score (nSPS) is 16.0. The molecule has 84 valence electrons. The van der Waals surface area contributed by atoms with Crippen LogP contribution >= 0.6 is 0 Å². The standard InChI is InChI=1S/C12H9N3O2/c16-8-1-2-11-9(4-8)10(12(17)15-11)3-7-5-13-6-14-7/h1-6,16H,(H,13,14)(H,15,17)/b10-3-. The molecular weight excluding hydrogens is 218 g/mol. The second-order valence-corrected chi connectivity index (χ2v) is 3.75. The molecule has 1 aliphatic rings. The molecule has 5 heteroatoms. The zero-order valence-corrected chi connectivity index (χ0v) is 8.77. The number of nitrogens with one attached hydrogen (secondary N) is 2. The van der Waals surface area contributed by atoms with E-state index in [1.54, 1.807) is 30.7 Å². The molecule has 0 spiro atoms. The van der Waals surface area contributed by atoms with Gasteiger partial charge in [0, 0.05) is 11.3 Å². The van der Waals surface area contributed by atoms with E-state index in [-0.39, 0.29) is 11.7 Å². The van der Waals surface area contributed by atoms with E-state index in [0.717, 1.165) is 5.69 Å². The lowest BCUT2D eigenvalue weighted by atomic mass is 10.1. The van der Waals surface area contributed by atoms with Crippen LogP contribution in [-0.2, 0) is 4.79 Å². The van der Waals surface area contributed by atoms with Gasteiger partial charge in [0.25, 0.3) is 5.91 Å². The molecule has 0 fully saturated rings. The van der Waals surface area contributed by atoms with Gasteiger partial charge in [-0.05, 0) is 24.3 Å². The van der Waals surface area contributed by atoms with E-state index >= 15 is 0 Å². The van der Waals surface area contributed by atoms with Gasteiger partial charge in [-0.1, -0.05) is 0 Å². The third-order valence-electron chi connectivity index (χ3n) is 2.61. The molecule has 1 aliphatic heterocycles. The van der Waals surface area contributed by atoms with Crippen molar-refractivity contribution in [1.29, 1.82) is 0 Å². The molecule has 3 N–H and O–H groups in total. The number of carbonyl (C=O) groups is 1. The lowest BCUT2D eigenvalue weighted by molar-refractivity contribution is -0.110. The van der Waals surface area contributed by atoms with Gasteiger partial charge in [0.2, 0.25) is 0 Å². The lowest BCUT2D eigenvalue weighted by Gasteiger charge is -1.98. The molecule has 0 aliphatic carbocycles. The first-order valence-corrected chi connectivity index (χ1v) is 5.09. The molecule has 0 radical (unpaired) electrons. The average molecular weight is 227 g/mol. The summed E-state index contributed by atoms with van der Waals surface area (Å²) < 4.78 is 0. The summed E-state index contributed by atoms with van der Waals surface area (Å²) in [4.78, 5) is 18.6. The van der Waals surface area contributed by atoms with Crippen LogP contribution in [0.2, 0.25) is 0 Å². The minimum absolute atomic E-state index is 0.135. The van der Waals surface area contributed by atoms with Crippen LogP contribution in [0.25, 0.3) is 11.6 Å². The Labute approximate surface area is 96.8 Å². The Bertz CT molecular complexity index is 615. The molecule has 17 heavy (non-hydrogen) atoms. The third kappa shape index (κ3) is 1.57. The minimum Gasteiger partial charge on any atom is -0.508 e. The van der Waals surface area contributed by atoms with Gasteiger partial charge in [-0.15, -0.1) is 0 Å². The largest absolute Gasteiger partial charge is 0.508 e. The van der Waals surface area contributed by atoms with E-state index in [1.165, 1.54) is 6.07 Å². The average Bonchev–Trinajstić information content (AvgIpc) is 2.90. The van der Waals surface area contributed by atoms with Crippen molar-refractivity contribution in [2.75, 3.05) is 5.32 Å². The van der Waals surface area contributed by atoms with Gasteiger partial charge in [-0.3, -0.25) is 4.79 Å². The summed E-state index contributed by atoms with van der Waals surface area (Å²) in [6.07, 6.45) is 4.87. The van der Waals surface area contributed by atoms with E-state index in [9.17, 15) is 9.90 Å². The van der Waals surface area contributed by atoms with E-state index in [2.05, 4.69) is 15.3 Å². The first-order valence-electron chi connectivity index (χ1n) is 5.09. The van der Waals surface area contributed by atoms with Crippen LogP contribution < -0.4 is 5.32 Å². The van der Waals surface area contributed by atoms with Gasteiger partial charge >= 0.3 is 0 Å². The number of phenolic OH excluding ortho intramolecular Hbond substituents is 1. The molecule has 1 amide bonds. The second kappa shape index (κ2) is 3.48. The van der Waals surface area contributed by atoms with E-state index in [0.29, 0.717) is 16.8 Å². The lowest BCUT2D eigenvalue weighted by Crippen LogP contribution is -2.03. The molecule has 5 nitrogen and oxygen atoms in total. The zero-order chi connectivity index (χ0) is 11.8. The highest BCUT2D eigenvalue weighted by Crippen LogP contribution is 2.34. The van der Waals surface area contributed by atoms with Gasteiger partial charge in [0.15, 0.2) is 0 Å². The molecule has 1 aromatic heterocycles. The predicted octanol–water partition coefficient (Wildman–Crippen LogP) is 1.61. The van der Waals surface area contributed by atoms with Crippen LogP contribution in [0.4, 0.5) is 5.69 Å². The number of nitrogens with zero attached hydrogens (tertiary/aromatic N) is 1. The van der Waals surface area contributed by atoms with E-state index in [4.69, 9.17) is 0 Å². The minimum atomic E-state index is -0.180. The first-order chi connectivity index (χ1) is 8.24. The number of aromatic nitrogens is 2. The number of amides is 1. The number of aromatic hydroxyl groups is 1. The molecule has 2 heterocycles. The molecule has 2 aromatic rings. The second-order valence-electron chi connectivity index (χ2n) is 3.75. The fourth-order valence-corrected chi connectivity index (χ4v) is 1.82. The zero-order valence-electron chi connectivity index (χ0n) is 8.77. The van der Waals surface area contributed by atoms with Crippen molar-refractivity contribution < 1.29 is 9.90 Å². The van der Waals surface area contributed by atoms with Crippen molar-refractivity contribution in [2.24, 2.45) is 0 Å². The van der Waals surface area contributed by atoms with Crippen LogP contribution in [0.5, 0.6) is 5.75 Å². The van der Waals surface area contributed by atoms with Crippen molar-refractivity contribution in [3.8, 4) is 5.75 Å². The highest BCUT2D eigenvalue weighted by molar-refractivity contribution is 6.34. The monoisotopic (exact) mass is 227 g/mol. The quantitative estimate of drug-likeness (QED) is 0.511. The Morgan fingerprint density at radius 3 is 3.00 bits per heavy atom. The molecule has 0 atom stereocenters. The third-order valence-corrected chi connectivity index (χ3v) is 2.61. The summed E-state index contributed by atoms with van der Waals surface area (Å²) in [7, 11) is 0. The number of phenols is 1. The van der Waals surface area contributed by atoms with Crippen molar-refractivity contribution in [1.82, 2.24) is 9.97 Å². The van der Waals surface area contributed by atoms with E-state index in [1.807, 2.05) is 0 Å². The SMILES string of the molecule is O=C1Nc2ccc(O)cc2/C1=C/c1cnc[nH]1. The van der Waals surface area contributed by atoms with Crippen molar-refractivity contribution in [3.63, 3.8) is 0 Å². The van der Waals surface area contributed by atoms with Crippen molar-refractivity contribution in [3.05, 3.63) is 42.0 Å². The summed E-state index contributed by atoms with van der Waals surface area (Å²) in [6, 6.07) is 4.78. The molecule has 0 saturated heterocycles. The summed E-state index contributed by atoms with van der Waals surface area (Å²) in [5.41, 5.74) is 2.66. The summed E-state index contributed by atoms with van der Waals surface area (Å²) in [6.45, 7) is 0. The van der Waals surface area contributed by atoms with Crippen LogP contribution in [0.15, 0.2) is 30.7 Å². The molecule has 1 aromatic carbocycles. The number of carbonyl (C=O) groups excluding carboxylic acids is 1. The Morgan fingerprint density at radius 2 is 2.24 bits per heavy atom. The topological polar surface area (TPSA) is 78.0 Å². The predicted molar refractivity (Wildman–Crippen MR) is 63.2 cm³/mol. The number of benzene rings is 1. The Hall–Kier alpha value is -2.56. The number of aromatic amines is 1. The highest BCUT2D eigenvalue weighted by Gasteiger charge is 2.24. The number of hydrogen-bond acceptors (Lipinski definition) is 3. The number of anilines is 1. The Morgan fingerprint density at radius 1 is 1.35 bits per heavy atom. The van der Waals surface area contributed by atoms with Gasteiger partial charge in [0.1, 0.15) is 5.75 Å². The van der Waals surface area contributed by atoms with Gasteiger partial charge < -0.3 is 15.4 Å². The van der Waals surface area contributed by atoms with Crippen LogP contribution in [0.1, 0.15) is 11.3 Å². The molecule has 3 rings (SSSR count). The van der Waals surface area contributed by atoms with Crippen molar-refractivity contribution in [2.45, 2.75) is 0 Å². The van der Waals surface area contributed by atoms with Gasteiger partial charge in [-0.25, -0.2) is 4.98 Å². The smallest absolute Gasteiger partial charge is 0.256 e. The van der Waals surface area contributed by atoms with Crippen molar-refractivity contribution >= 4 is 23.2 Å². The van der Waals surface area contributed by atoms with E-state index < -0.39 is 0 Å². The summed E-state index contributed by atoms with van der Waals surface area (Å²) in [5.74, 6) is -0.0454. The number of fused-ring (bicyclic) bond motifs is 1. The van der Waals surface area contributed by atoms with Crippen LogP contribution in [0.3, 0.4) is 0 Å². The van der Waals surface area contributed by atoms with Gasteiger partial charge in [0.05, 0.1) is 23.8 Å². The highest BCUT2D eigenvalue weighted by atomic mass is 16.3. The maximum Gasteiger partial charge on any atom is 0.256 e. The van der Waals surface area contributed by atoms with Crippen LogP contribution in [-0.4, -0.2) is 21.0 Å². The molecule has 0 saturated carbocycles. The number of H-pyrrole nitrogens is 1. The fourth-order valence-electron chi connectivity index (χ4n) is 1.82. The maximum absolute atomic E-state index is 11.8. The number of imidazole rings is 1. The molecule has 0 unspecified atom stereocenters. The number of rotatable bonds is 1. The summed E-state index contributed by atoms with van der Waals surface area (Å²) >= 11 is 0. The Balaban J connectivity index is 2.13. The molecule has 0 bridgehead atoms. The first kappa shape index (κ1) is 9.65. The maximum atomic E-state index is 11.8. The fraction of sp³-hybridized carbons (Fsp3) is 0. The van der Waals surface area contributed by atoms with Crippen LogP contribution in [0, 0.1) is 0 Å². The number of hydrogen-bond donors (Lipinski definition) is 3. The summed E-state index contributed by atoms with van der Waals surface area (Å²) in [5, 5.41) is 12.2. The molecular formula is C12H9N3O2.